The molecule has 0 radical (unpaired) electrons. The molecule has 0 aliphatic rings. The van der Waals surface area contributed by atoms with Crippen LogP contribution in [0.4, 0.5) is 0 Å². The molecule has 0 amide bonds. The molecule has 132 valence electrons. The molecule has 28 heavy (non-hydrogen) atoms. The number of nitrogens with one attached hydrogen (secondary N) is 1. The summed E-state index contributed by atoms with van der Waals surface area (Å²) in [6, 6.07) is 29.1. The van der Waals surface area contributed by atoms with Crippen molar-refractivity contribution in [3.63, 3.8) is 0 Å². The molecule has 6 rings (SSSR count). The number of benzene rings is 3. The number of fused-ring (bicyclic) bond motifs is 4. The van der Waals surface area contributed by atoms with E-state index in [2.05, 4.69) is 81.3 Å². The predicted octanol–water partition coefficient (Wildman–Crippen LogP) is 5.72. The third kappa shape index (κ3) is 2.18. The number of aromatic amines is 1. The summed E-state index contributed by atoms with van der Waals surface area (Å²) < 4.78 is 2.22. The molecule has 1 N–H and O–H groups in total. The van der Waals surface area contributed by atoms with Crippen molar-refractivity contribution < 1.29 is 0 Å². The van der Waals surface area contributed by atoms with Crippen LogP contribution >= 0.6 is 0 Å². The normalized spacial score (nSPS) is 11.6. The number of pyridine rings is 1. The number of hydrogen-bond donors (Lipinski definition) is 1. The third-order valence-corrected chi connectivity index (χ3v) is 5.19. The summed E-state index contributed by atoms with van der Waals surface area (Å²) in [6.07, 6.45) is 1.83. The van der Waals surface area contributed by atoms with E-state index in [4.69, 9.17) is 4.98 Å². The summed E-state index contributed by atoms with van der Waals surface area (Å²) in [4.78, 5) is 13.0. The maximum atomic E-state index is 4.95. The molecule has 0 bridgehead atoms. The van der Waals surface area contributed by atoms with Crippen LogP contribution in [0.1, 0.15) is 0 Å². The molecule has 0 spiro atoms. The molecule has 0 unspecified atom stereocenters. The molecular formula is C24H16N4. The van der Waals surface area contributed by atoms with Crippen molar-refractivity contribution in [1.29, 1.82) is 0 Å². The molecule has 3 heterocycles. The van der Waals surface area contributed by atoms with Gasteiger partial charge in [-0.3, -0.25) is 9.55 Å². The van der Waals surface area contributed by atoms with Gasteiger partial charge >= 0.3 is 0 Å². The van der Waals surface area contributed by atoms with E-state index in [1.165, 1.54) is 0 Å². The van der Waals surface area contributed by atoms with Gasteiger partial charge < -0.3 is 4.98 Å². The Bertz CT molecular complexity index is 1460. The molecular weight excluding hydrogens is 344 g/mol. The maximum Gasteiger partial charge on any atom is 0.145 e. The van der Waals surface area contributed by atoms with E-state index in [9.17, 15) is 0 Å². The topological polar surface area (TPSA) is 46.5 Å². The van der Waals surface area contributed by atoms with Crippen LogP contribution in [-0.2, 0) is 0 Å². The van der Waals surface area contributed by atoms with E-state index < -0.39 is 0 Å². The minimum atomic E-state index is 0.931. The van der Waals surface area contributed by atoms with Crippen LogP contribution in [0.2, 0.25) is 0 Å². The molecule has 0 aliphatic carbocycles. The van der Waals surface area contributed by atoms with Gasteiger partial charge in [0, 0.05) is 28.4 Å². The molecule has 0 atom stereocenters. The zero-order valence-electron chi connectivity index (χ0n) is 15.0. The van der Waals surface area contributed by atoms with Crippen molar-refractivity contribution in [2.75, 3.05) is 0 Å². The average Bonchev–Trinajstić information content (AvgIpc) is 3.32. The Morgan fingerprint density at radius 1 is 0.750 bits per heavy atom. The molecule has 3 aromatic heterocycles. The highest BCUT2D eigenvalue weighted by Crippen LogP contribution is 2.32. The van der Waals surface area contributed by atoms with Crippen molar-refractivity contribution >= 4 is 33.0 Å². The molecule has 4 nitrogen and oxygen atoms in total. The smallest absolute Gasteiger partial charge is 0.145 e. The van der Waals surface area contributed by atoms with Crippen molar-refractivity contribution in [3.8, 4) is 17.1 Å². The largest absolute Gasteiger partial charge is 0.353 e. The number of rotatable bonds is 2. The second-order valence-corrected chi connectivity index (χ2v) is 6.88. The zero-order chi connectivity index (χ0) is 18.5. The monoisotopic (exact) mass is 360 g/mol. The van der Waals surface area contributed by atoms with Gasteiger partial charge in [-0.15, -0.1) is 0 Å². The fourth-order valence-corrected chi connectivity index (χ4v) is 3.92. The SMILES string of the molecule is c1ccc(-n2c(-c3ccc4c(c3)[nH]c3cccnc34)nc3ccccc32)cc1. The number of H-pyrrole nitrogens is 1. The highest BCUT2D eigenvalue weighted by molar-refractivity contribution is 6.05. The first kappa shape index (κ1) is 15.2. The van der Waals surface area contributed by atoms with Crippen LogP contribution in [-0.4, -0.2) is 19.5 Å². The highest BCUT2D eigenvalue weighted by Gasteiger charge is 2.15. The fraction of sp³-hybridized carbons (Fsp3) is 0. The van der Waals surface area contributed by atoms with Gasteiger partial charge in [-0.2, -0.15) is 0 Å². The van der Waals surface area contributed by atoms with E-state index >= 15 is 0 Å². The predicted molar refractivity (Wildman–Crippen MR) is 114 cm³/mol. The lowest BCUT2D eigenvalue weighted by atomic mass is 10.1. The Morgan fingerprint density at radius 3 is 2.54 bits per heavy atom. The lowest BCUT2D eigenvalue weighted by Crippen LogP contribution is -1.97. The number of imidazole rings is 1. The third-order valence-electron chi connectivity index (χ3n) is 5.19. The van der Waals surface area contributed by atoms with Crippen molar-refractivity contribution in [3.05, 3.63) is 91.1 Å². The number of hydrogen-bond acceptors (Lipinski definition) is 2. The van der Waals surface area contributed by atoms with E-state index in [0.29, 0.717) is 0 Å². The first-order valence-corrected chi connectivity index (χ1v) is 9.28. The van der Waals surface area contributed by atoms with Gasteiger partial charge in [0.1, 0.15) is 5.82 Å². The number of nitrogens with zero attached hydrogens (tertiary/aromatic N) is 3. The van der Waals surface area contributed by atoms with Gasteiger partial charge in [-0.05, 0) is 48.5 Å². The second-order valence-electron chi connectivity index (χ2n) is 6.88. The van der Waals surface area contributed by atoms with Crippen LogP contribution in [0.15, 0.2) is 91.1 Å². The highest BCUT2D eigenvalue weighted by atomic mass is 15.1. The Labute approximate surface area is 161 Å². The fourth-order valence-electron chi connectivity index (χ4n) is 3.92. The molecule has 0 saturated heterocycles. The summed E-state index contributed by atoms with van der Waals surface area (Å²) in [5.74, 6) is 0.931. The minimum Gasteiger partial charge on any atom is -0.353 e. The molecule has 0 aliphatic heterocycles. The van der Waals surface area contributed by atoms with E-state index in [0.717, 1.165) is 50.0 Å². The average molecular weight is 360 g/mol. The Balaban J connectivity index is 1.65. The second kappa shape index (κ2) is 5.79. The molecule has 0 saturated carbocycles. The van der Waals surface area contributed by atoms with Gasteiger partial charge in [0.15, 0.2) is 0 Å². The lowest BCUT2D eigenvalue weighted by molar-refractivity contribution is 1.10. The zero-order valence-corrected chi connectivity index (χ0v) is 15.0. The summed E-state index contributed by atoms with van der Waals surface area (Å²) in [6.45, 7) is 0. The summed E-state index contributed by atoms with van der Waals surface area (Å²) >= 11 is 0. The minimum absolute atomic E-state index is 0.931. The van der Waals surface area contributed by atoms with Gasteiger partial charge in [0.25, 0.3) is 0 Å². The van der Waals surface area contributed by atoms with E-state index in [-0.39, 0.29) is 0 Å². The van der Waals surface area contributed by atoms with Gasteiger partial charge in [0.2, 0.25) is 0 Å². The van der Waals surface area contributed by atoms with Gasteiger partial charge in [-0.25, -0.2) is 4.98 Å². The molecule has 3 aromatic carbocycles. The maximum absolute atomic E-state index is 4.95. The number of para-hydroxylation sites is 3. The quantitative estimate of drug-likeness (QED) is 0.429. The summed E-state index contributed by atoms with van der Waals surface area (Å²) in [5, 5.41) is 1.13. The molecule has 0 fully saturated rings. The first-order chi connectivity index (χ1) is 13.9. The van der Waals surface area contributed by atoms with Crippen LogP contribution in [0.5, 0.6) is 0 Å². The Hall–Kier alpha value is -3.92. The standard InChI is InChI=1S/C24H16N4/c1-2-7-17(8-3-1)28-22-11-5-4-9-19(22)27-24(28)16-12-13-18-21(15-16)26-20-10-6-14-25-23(18)20/h1-15,26H. The van der Waals surface area contributed by atoms with Crippen LogP contribution in [0.3, 0.4) is 0 Å². The molecule has 4 heteroatoms. The lowest BCUT2D eigenvalue weighted by Gasteiger charge is -2.09. The number of aromatic nitrogens is 4. The first-order valence-electron chi connectivity index (χ1n) is 9.28. The summed E-state index contributed by atoms with van der Waals surface area (Å²) in [7, 11) is 0. The molecule has 6 aromatic rings. The van der Waals surface area contributed by atoms with Crippen molar-refractivity contribution in [1.82, 2.24) is 19.5 Å². The van der Waals surface area contributed by atoms with Crippen LogP contribution in [0, 0.1) is 0 Å². The Morgan fingerprint density at radius 2 is 1.61 bits per heavy atom. The summed E-state index contributed by atoms with van der Waals surface area (Å²) in [5.41, 5.74) is 7.37. The van der Waals surface area contributed by atoms with Gasteiger partial charge in [0.05, 0.1) is 22.1 Å². The van der Waals surface area contributed by atoms with Crippen molar-refractivity contribution in [2.45, 2.75) is 0 Å². The van der Waals surface area contributed by atoms with Crippen LogP contribution < -0.4 is 0 Å². The Kier molecular flexibility index (Phi) is 3.14. The van der Waals surface area contributed by atoms with Gasteiger partial charge in [-0.1, -0.05) is 36.4 Å². The van der Waals surface area contributed by atoms with Crippen LogP contribution in [0.25, 0.3) is 50.0 Å². The van der Waals surface area contributed by atoms with E-state index in [1.807, 2.05) is 24.4 Å². The van der Waals surface area contributed by atoms with E-state index in [1.54, 1.807) is 0 Å². The van der Waals surface area contributed by atoms with Crippen molar-refractivity contribution in [2.24, 2.45) is 0 Å².